The summed E-state index contributed by atoms with van der Waals surface area (Å²) in [7, 11) is 1.55. The Morgan fingerprint density at radius 1 is 1.22 bits per heavy atom. The lowest BCUT2D eigenvalue weighted by molar-refractivity contribution is -0.128. The Balaban J connectivity index is 2.31. The summed E-state index contributed by atoms with van der Waals surface area (Å²) in [4.78, 5) is 12.8. The summed E-state index contributed by atoms with van der Waals surface area (Å²) in [6.07, 6.45) is 1.33. The molecule has 1 aliphatic carbocycles. The fourth-order valence-electron chi connectivity index (χ4n) is 4.85. The van der Waals surface area contributed by atoms with Crippen LogP contribution in [0.25, 0.3) is 0 Å². The van der Waals surface area contributed by atoms with Crippen LogP contribution in [0.2, 0.25) is 0 Å². The highest BCUT2D eigenvalue weighted by Gasteiger charge is 2.76. The molecular formula is C20H21N5O2. The van der Waals surface area contributed by atoms with Gasteiger partial charge >= 0.3 is 0 Å². The summed E-state index contributed by atoms with van der Waals surface area (Å²) in [5, 5.41) is 32.9. The molecule has 4 atom stereocenters. The number of methoxy groups -OCH3 is 1. The fraction of sp³-hybridized carbons (Fsp3) is 0.500. The van der Waals surface area contributed by atoms with E-state index in [1.165, 1.54) is 0 Å². The smallest absolute Gasteiger partial charge is 0.244 e. The van der Waals surface area contributed by atoms with Crippen molar-refractivity contribution in [3.05, 3.63) is 29.8 Å². The van der Waals surface area contributed by atoms with E-state index < -0.39 is 28.3 Å². The lowest BCUT2D eigenvalue weighted by Gasteiger charge is -2.50. The summed E-state index contributed by atoms with van der Waals surface area (Å²) >= 11 is 0. The van der Waals surface area contributed by atoms with E-state index in [-0.39, 0.29) is 12.3 Å². The number of ether oxygens (including phenoxy) is 1. The molecule has 27 heavy (non-hydrogen) atoms. The third kappa shape index (κ3) is 2.24. The molecule has 3 N–H and O–H groups in total. The lowest BCUT2D eigenvalue weighted by Crippen LogP contribution is -2.62. The average molecular weight is 363 g/mol. The largest absolute Gasteiger partial charge is 0.497 e. The maximum Gasteiger partial charge on any atom is 0.244 e. The lowest BCUT2D eigenvalue weighted by atomic mass is 9.47. The van der Waals surface area contributed by atoms with Crippen LogP contribution in [-0.4, -0.2) is 18.7 Å². The maximum atomic E-state index is 12.8. The SMILES string of the molecule is CCC[C@H]1[C@H](c2ccc(OC)cc2)C(C#N)(C#N)[C@]2(C#N)C[C@]1(N)NC2=O. The van der Waals surface area contributed by atoms with Crippen molar-refractivity contribution in [2.75, 3.05) is 7.11 Å². The zero-order chi connectivity index (χ0) is 19.9. The molecule has 1 amide bonds. The van der Waals surface area contributed by atoms with Gasteiger partial charge in [-0.2, -0.15) is 15.8 Å². The molecule has 1 aromatic carbocycles. The van der Waals surface area contributed by atoms with Gasteiger partial charge in [0.05, 0.1) is 31.0 Å². The molecule has 1 aliphatic heterocycles. The van der Waals surface area contributed by atoms with Crippen molar-refractivity contribution in [3.63, 3.8) is 0 Å². The van der Waals surface area contributed by atoms with Crippen molar-refractivity contribution in [1.29, 1.82) is 15.8 Å². The number of hydrogen-bond acceptors (Lipinski definition) is 6. The van der Waals surface area contributed by atoms with Crippen LogP contribution >= 0.6 is 0 Å². The molecule has 1 aromatic rings. The Labute approximate surface area is 158 Å². The summed E-state index contributed by atoms with van der Waals surface area (Å²) in [5.41, 5.74) is 2.49. The highest BCUT2D eigenvalue weighted by Crippen LogP contribution is 2.64. The van der Waals surface area contributed by atoms with E-state index in [1.807, 2.05) is 13.0 Å². The molecule has 3 rings (SSSR count). The van der Waals surface area contributed by atoms with Gasteiger partial charge in [-0.05, 0) is 24.1 Å². The van der Waals surface area contributed by atoms with Crippen LogP contribution in [-0.2, 0) is 4.79 Å². The number of carbonyl (C=O) groups is 1. The van der Waals surface area contributed by atoms with E-state index in [9.17, 15) is 20.6 Å². The van der Waals surface area contributed by atoms with E-state index in [0.717, 1.165) is 6.42 Å². The van der Waals surface area contributed by atoms with E-state index in [4.69, 9.17) is 10.5 Å². The molecule has 0 spiro atoms. The van der Waals surface area contributed by atoms with E-state index in [0.29, 0.717) is 17.7 Å². The van der Waals surface area contributed by atoms with Gasteiger partial charge in [-0.1, -0.05) is 25.5 Å². The van der Waals surface area contributed by atoms with Crippen molar-refractivity contribution >= 4 is 5.91 Å². The van der Waals surface area contributed by atoms with Gasteiger partial charge in [-0.15, -0.1) is 0 Å². The minimum atomic E-state index is -1.83. The molecule has 2 fully saturated rings. The van der Waals surface area contributed by atoms with Gasteiger partial charge in [0.25, 0.3) is 0 Å². The number of nitrogens with two attached hydrogens (primary N) is 1. The van der Waals surface area contributed by atoms with Crippen LogP contribution in [0.3, 0.4) is 0 Å². The first-order chi connectivity index (χ1) is 12.9. The van der Waals surface area contributed by atoms with Gasteiger partial charge in [-0.25, -0.2) is 0 Å². The topological polar surface area (TPSA) is 136 Å². The molecule has 138 valence electrons. The Kier molecular flexibility index (Phi) is 4.34. The average Bonchev–Trinajstić information content (AvgIpc) is 2.94. The number of amides is 1. The number of carbonyl (C=O) groups excluding carboxylic acids is 1. The van der Waals surface area contributed by atoms with Gasteiger partial charge in [0.2, 0.25) is 5.91 Å². The third-order valence-corrected chi connectivity index (χ3v) is 6.11. The molecule has 7 heteroatoms. The first-order valence-corrected chi connectivity index (χ1v) is 8.87. The van der Waals surface area contributed by atoms with Crippen LogP contribution in [0.5, 0.6) is 5.75 Å². The Hall–Kier alpha value is -3.08. The summed E-state index contributed by atoms with van der Waals surface area (Å²) < 4.78 is 5.19. The van der Waals surface area contributed by atoms with Crippen LogP contribution in [0.4, 0.5) is 0 Å². The highest BCUT2D eigenvalue weighted by atomic mass is 16.5. The summed E-state index contributed by atoms with van der Waals surface area (Å²) in [5.74, 6) is -1.04. The van der Waals surface area contributed by atoms with Gasteiger partial charge in [0.1, 0.15) is 5.75 Å². The molecule has 2 bridgehead atoms. The molecule has 0 aromatic heterocycles. The quantitative estimate of drug-likeness (QED) is 0.839. The van der Waals surface area contributed by atoms with Crippen molar-refractivity contribution in [3.8, 4) is 24.0 Å². The molecule has 0 unspecified atom stereocenters. The van der Waals surface area contributed by atoms with Crippen LogP contribution in [0.1, 0.15) is 37.7 Å². The van der Waals surface area contributed by atoms with E-state index >= 15 is 0 Å². The minimum absolute atomic E-state index is 0.0478. The van der Waals surface area contributed by atoms with E-state index in [2.05, 4.69) is 17.5 Å². The number of benzene rings is 1. The Morgan fingerprint density at radius 3 is 2.33 bits per heavy atom. The monoisotopic (exact) mass is 363 g/mol. The molecule has 1 heterocycles. The number of nitrogens with one attached hydrogen (secondary N) is 1. The molecular weight excluding hydrogens is 342 g/mol. The van der Waals surface area contributed by atoms with Crippen molar-refractivity contribution in [2.45, 2.75) is 37.8 Å². The second-order valence-electron chi connectivity index (χ2n) is 7.37. The number of fused-ring (bicyclic) bond motifs is 2. The Morgan fingerprint density at radius 2 is 1.85 bits per heavy atom. The molecule has 2 aliphatic rings. The standard InChI is InChI=1S/C20H21N5O2/c1-3-4-15-16(13-5-7-14(27-2)8-6-13)19(11-22,12-23)18(10-21)9-20(15,24)25-17(18)26/h5-8,15-16H,3-4,9,24H2,1-2H3,(H,25,26)/t15-,16-,18-,20-/m0/s1. The van der Waals surface area contributed by atoms with Crippen LogP contribution in [0.15, 0.2) is 24.3 Å². The first kappa shape index (κ1) is 18.7. The normalized spacial score (nSPS) is 33.3. The highest BCUT2D eigenvalue weighted by molar-refractivity contribution is 5.92. The number of rotatable bonds is 4. The minimum Gasteiger partial charge on any atom is -0.497 e. The van der Waals surface area contributed by atoms with Gasteiger partial charge in [0, 0.05) is 18.3 Å². The molecule has 1 saturated heterocycles. The van der Waals surface area contributed by atoms with Crippen LogP contribution in [0, 0.1) is 50.7 Å². The zero-order valence-corrected chi connectivity index (χ0v) is 15.3. The van der Waals surface area contributed by atoms with Gasteiger partial charge < -0.3 is 15.8 Å². The van der Waals surface area contributed by atoms with Crippen molar-refractivity contribution in [1.82, 2.24) is 5.32 Å². The fourth-order valence-corrected chi connectivity index (χ4v) is 4.85. The molecule has 0 radical (unpaired) electrons. The van der Waals surface area contributed by atoms with Crippen molar-refractivity contribution in [2.24, 2.45) is 22.5 Å². The van der Waals surface area contributed by atoms with Crippen LogP contribution < -0.4 is 15.8 Å². The molecule has 7 nitrogen and oxygen atoms in total. The first-order valence-electron chi connectivity index (χ1n) is 8.87. The summed E-state index contributed by atoms with van der Waals surface area (Å²) in [6, 6.07) is 13.2. The number of hydrogen-bond donors (Lipinski definition) is 2. The van der Waals surface area contributed by atoms with E-state index in [1.54, 1.807) is 31.4 Å². The molecule has 1 saturated carbocycles. The summed E-state index contributed by atoms with van der Waals surface area (Å²) in [6.45, 7) is 1.98. The van der Waals surface area contributed by atoms with Gasteiger partial charge in [-0.3, -0.25) is 4.79 Å². The number of nitrogens with zero attached hydrogens (tertiary/aromatic N) is 3. The third-order valence-electron chi connectivity index (χ3n) is 6.11. The number of nitriles is 3. The Bertz CT molecular complexity index is 877. The predicted molar refractivity (Wildman–Crippen MR) is 95.5 cm³/mol. The van der Waals surface area contributed by atoms with Crippen molar-refractivity contribution < 1.29 is 9.53 Å². The zero-order valence-electron chi connectivity index (χ0n) is 15.3. The second kappa shape index (κ2) is 6.27. The van der Waals surface area contributed by atoms with Gasteiger partial charge in [0.15, 0.2) is 10.8 Å². The second-order valence-corrected chi connectivity index (χ2v) is 7.37. The predicted octanol–water partition coefficient (Wildman–Crippen LogP) is 1.93. The maximum absolute atomic E-state index is 12.8.